The first kappa shape index (κ1) is 34.9. The molecule has 0 aliphatic carbocycles. The summed E-state index contributed by atoms with van der Waals surface area (Å²) in [5, 5.41) is 17.4. The largest absolute Gasteiger partial charge is 0.496 e. The highest BCUT2D eigenvalue weighted by Gasteiger charge is 2.22. The Hall–Kier alpha value is -3.44. The number of likely N-dealkylation sites (N-methyl/N-ethyl adjacent to an activating group) is 1. The van der Waals surface area contributed by atoms with Gasteiger partial charge in [0.05, 0.1) is 46.8 Å². The van der Waals surface area contributed by atoms with E-state index in [1.807, 2.05) is 54.4 Å². The number of ether oxygens (including phenoxy) is 2. The summed E-state index contributed by atoms with van der Waals surface area (Å²) in [5.74, 6) is 1.16. The number of benzene rings is 2. The van der Waals surface area contributed by atoms with Crippen molar-refractivity contribution >= 4 is 40.7 Å². The Kier molecular flexibility index (Phi) is 11.6. The molecule has 3 N–H and O–H groups in total. The molecular weight excluding hydrogens is 661 g/mol. The lowest BCUT2D eigenvalue weighted by Crippen LogP contribution is -2.35. The quantitative estimate of drug-likeness (QED) is 0.143. The van der Waals surface area contributed by atoms with Crippen LogP contribution >= 0.6 is 34.8 Å². The van der Waals surface area contributed by atoms with Crippen LogP contribution in [0.15, 0.2) is 54.7 Å². The molecule has 1 saturated heterocycles. The van der Waals surface area contributed by atoms with Crippen molar-refractivity contribution in [3.63, 3.8) is 0 Å². The molecule has 1 aliphatic rings. The Morgan fingerprint density at radius 3 is 2.53 bits per heavy atom. The third-order valence-electron chi connectivity index (χ3n) is 8.03. The SMILES string of the molecule is COc1cc(-c2nccc(-c3cccc(-c4cc(Cl)c(CNC[C@@H]5CCC(=O)N5)c(OC)n4)c3Cl)c2Cl)ccc1CN(C)C[C@@H](C)O. The average Bonchev–Trinajstić information content (AvgIpc) is 3.46. The van der Waals surface area contributed by atoms with Crippen molar-refractivity contribution in [3.05, 3.63) is 80.9 Å². The standard InChI is InChI=1S/C35H38Cl3N5O4/c1-20(44)18-43(2)19-22-9-8-21(14-30(22)46-3)34-33(38)25(12-13-40-34)24-6-5-7-26(32(24)37)29-15-28(36)27(35(42-29)47-4)17-39-16-23-10-11-31(45)41-23/h5-9,12-15,20,23,39,44H,10-11,16-19H2,1-4H3,(H,41,45)/t20-,23+/m1/s1. The van der Waals surface area contributed by atoms with Crippen LogP contribution in [-0.2, 0) is 17.9 Å². The van der Waals surface area contributed by atoms with Gasteiger partial charge in [-0.05, 0) is 38.6 Å². The molecule has 0 unspecified atom stereocenters. The topological polar surface area (TPSA) is 109 Å². The zero-order valence-electron chi connectivity index (χ0n) is 26.7. The van der Waals surface area contributed by atoms with Crippen molar-refractivity contribution < 1.29 is 19.4 Å². The number of aliphatic hydroxyl groups excluding tert-OH is 1. The van der Waals surface area contributed by atoms with Crippen LogP contribution in [0.3, 0.4) is 0 Å². The van der Waals surface area contributed by atoms with E-state index in [0.717, 1.165) is 17.5 Å². The molecular formula is C35H38Cl3N5O4. The van der Waals surface area contributed by atoms with Crippen molar-refractivity contribution in [1.29, 1.82) is 0 Å². The summed E-state index contributed by atoms with van der Waals surface area (Å²) >= 11 is 20.9. The van der Waals surface area contributed by atoms with E-state index in [9.17, 15) is 9.90 Å². The number of halogens is 3. The van der Waals surface area contributed by atoms with Crippen LogP contribution in [0.1, 0.15) is 30.9 Å². The molecule has 0 spiro atoms. The highest BCUT2D eigenvalue weighted by molar-refractivity contribution is 6.39. The van der Waals surface area contributed by atoms with E-state index in [2.05, 4.69) is 15.6 Å². The highest BCUT2D eigenvalue weighted by atomic mass is 35.5. The lowest BCUT2D eigenvalue weighted by molar-refractivity contribution is -0.119. The van der Waals surface area contributed by atoms with Crippen LogP contribution in [-0.4, -0.2) is 72.4 Å². The van der Waals surface area contributed by atoms with Crippen LogP contribution < -0.4 is 20.1 Å². The van der Waals surface area contributed by atoms with Crippen molar-refractivity contribution in [2.75, 3.05) is 34.4 Å². The fourth-order valence-corrected chi connectivity index (χ4v) is 6.71. The smallest absolute Gasteiger partial charge is 0.220 e. The predicted molar refractivity (Wildman–Crippen MR) is 187 cm³/mol. The Bertz CT molecular complexity index is 1750. The first-order valence-electron chi connectivity index (χ1n) is 15.3. The summed E-state index contributed by atoms with van der Waals surface area (Å²) < 4.78 is 11.3. The fraction of sp³-hybridized carbons (Fsp3) is 0.343. The monoisotopic (exact) mass is 697 g/mol. The molecule has 0 bridgehead atoms. The molecule has 12 heteroatoms. The number of nitrogens with zero attached hydrogens (tertiary/aromatic N) is 3. The van der Waals surface area contributed by atoms with Crippen LogP contribution in [0.5, 0.6) is 11.6 Å². The Balaban J connectivity index is 1.42. The van der Waals surface area contributed by atoms with Gasteiger partial charge in [-0.25, -0.2) is 4.98 Å². The molecule has 1 fully saturated rings. The van der Waals surface area contributed by atoms with Gasteiger partial charge in [0, 0.05) is 78.2 Å². The van der Waals surface area contributed by atoms with Gasteiger partial charge in [-0.2, -0.15) is 0 Å². The van der Waals surface area contributed by atoms with Gasteiger partial charge in [-0.15, -0.1) is 0 Å². The van der Waals surface area contributed by atoms with Crippen LogP contribution in [0.4, 0.5) is 0 Å². The number of pyridine rings is 2. The number of aromatic nitrogens is 2. The molecule has 3 heterocycles. The number of nitrogens with one attached hydrogen (secondary N) is 2. The average molecular weight is 699 g/mol. The van der Waals surface area contributed by atoms with E-state index < -0.39 is 6.10 Å². The number of amides is 1. The van der Waals surface area contributed by atoms with Crippen molar-refractivity contribution in [2.45, 2.75) is 45.0 Å². The van der Waals surface area contributed by atoms with E-state index in [-0.39, 0.29) is 11.9 Å². The maximum atomic E-state index is 11.5. The second-order valence-electron chi connectivity index (χ2n) is 11.7. The zero-order chi connectivity index (χ0) is 33.7. The first-order chi connectivity index (χ1) is 22.6. The Morgan fingerprint density at radius 2 is 1.83 bits per heavy atom. The van der Waals surface area contributed by atoms with Gasteiger partial charge in [0.25, 0.3) is 0 Å². The van der Waals surface area contributed by atoms with Crippen LogP contribution in [0.2, 0.25) is 15.1 Å². The first-order valence-corrected chi connectivity index (χ1v) is 16.4. The van der Waals surface area contributed by atoms with Gasteiger partial charge >= 0.3 is 0 Å². The minimum absolute atomic E-state index is 0.0740. The number of methoxy groups -OCH3 is 2. The maximum absolute atomic E-state index is 11.5. The molecule has 1 amide bonds. The van der Waals surface area contributed by atoms with Crippen molar-refractivity contribution in [2.24, 2.45) is 0 Å². The molecule has 5 rings (SSSR count). The minimum atomic E-state index is -0.434. The molecule has 2 aromatic carbocycles. The van der Waals surface area contributed by atoms with Gasteiger partial charge in [-0.1, -0.05) is 65.1 Å². The number of hydrogen-bond donors (Lipinski definition) is 3. The lowest BCUT2D eigenvalue weighted by atomic mass is 9.99. The summed E-state index contributed by atoms with van der Waals surface area (Å²) in [5.41, 5.74) is 5.71. The van der Waals surface area contributed by atoms with Gasteiger partial charge in [0.1, 0.15) is 5.75 Å². The zero-order valence-corrected chi connectivity index (χ0v) is 29.0. The summed E-state index contributed by atoms with van der Waals surface area (Å²) in [6.07, 6.45) is 2.62. The Labute approximate surface area is 290 Å². The minimum Gasteiger partial charge on any atom is -0.496 e. The third kappa shape index (κ3) is 8.17. The number of aliphatic hydroxyl groups is 1. The lowest BCUT2D eigenvalue weighted by Gasteiger charge is -2.20. The number of rotatable bonds is 13. The fourth-order valence-electron chi connectivity index (χ4n) is 5.81. The third-order valence-corrected chi connectivity index (χ3v) is 9.16. The summed E-state index contributed by atoms with van der Waals surface area (Å²) in [6, 6.07) is 15.2. The molecule has 1 aliphatic heterocycles. The predicted octanol–water partition coefficient (Wildman–Crippen LogP) is 6.64. The normalized spacial score (nSPS) is 15.2. The summed E-state index contributed by atoms with van der Waals surface area (Å²) in [7, 11) is 5.13. The molecule has 9 nitrogen and oxygen atoms in total. The number of carbonyl (C=O) groups excluding carboxylic acids is 1. The second kappa shape index (κ2) is 15.6. The van der Waals surface area contributed by atoms with Gasteiger partial charge in [-0.3, -0.25) is 14.7 Å². The van der Waals surface area contributed by atoms with Gasteiger partial charge < -0.3 is 25.2 Å². The number of carbonyl (C=O) groups is 1. The molecule has 47 heavy (non-hydrogen) atoms. The molecule has 2 atom stereocenters. The molecule has 0 saturated carbocycles. The second-order valence-corrected chi connectivity index (χ2v) is 12.8. The van der Waals surface area contributed by atoms with E-state index in [1.165, 1.54) is 0 Å². The van der Waals surface area contributed by atoms with Crippen LogP contribution in [0.25, 0.3) is 33.6 Å². The van der Waals surface area contributed by atoms with Gasteiger partial charge in [0.15, 0.2) is 0 Å². The molecule has 4 aromatic rings. The van der Waals surface area contributed by atoms with Crippen molar-refractivity contribution in [3.8, 4) is 45.3 Å². The molecule has 248 valence electrons. The molecule has 0 radical (unpaired) electrons. The summed E-state index contributed by atoms with van der Waals surface area (Å²) in [6.45, 7) is 3.96. The van der Waals surface area contributed by atoms with E-state index in [0.29, 0.717) is 92.9 Å². The van der Waals surface area contributed by atoms with Crippen LogP contribution in [0, 0.1) is 0 Å². The van der Waals surface area contributed by atoms with E-state index in [1.54, 1.807) is 33.4 Å². The van der Waals surface area contributed by atoms with Crippen molar-refractivity contribution in [1.82, 2.24) is 25.5 Å². The highest BCUT2D eigenvalue weighted by Crippen LogP contribution is 2.43. The van der Waals surface area contributed by atoms with Gasteiger partial charge in [0.2, 0.25) is 11.8 Å². The summed E-state index contributed by atoms with van der Waals surface area (Å²) in [4.78, 5) is 22.9. The molecule has 2 aromatic heterocycles. The van der Waals surface area contributed by atoms with E-state index >= 15 is 0 Å². The number of hydrogen-bond acceptors (Lipinski definition) is 8. The van der Waals surface area contributed by atoms with E-state index in [4.69, 9.17) is 49.3 Å². The maximum Gasteiger partial charge on any atom is 0.220 e. The Morgan fingerprint density at radius 1 is 1.06 bits per heavy atom.